The summed E-state index contributed by atoms with van der Waals surface area (Å²) in [6.45, 7) is 3.10. The van der Waals surface area contributed by atoms with E-state index < -0.39 is 0 Å². The van der Waals surface area contributed by atoms with E-state index in [1.165, 1.54) is 0 Å². The first-order valence-corrected chi connectivity index (χ1v) is 12.7. The molecule has 3 aromatic rings. The van der Waals surface area contributed by atoms with E-state index in [2.05, 4.69) is 4.90 Å². The van der Waals surface area contributed by atoms with Crippen LogP contribution in [0, 0.1) is 0 Å². The van der Waals surface area contributed by atoms with Gasteiger partial charge in [-0.2, -0.15) is 0 Å². The summed E-state index contributed by atoms with van der Waals surface area (Å²) in [6.07, 6.45) is 3.95. The fourth-order valence-electron chi connectivity index (χ4n) is 4.67. The largest absolute Gasteiger partial charge is 0.508 e. The van der Waals surface area contributed by atoms with Gasteiger partial charge in [-0.15, -0.1) is 0 Å². The quantitative estimate of drug-likeness (QED) is 0.551. The molecule has 2 aliphatic heterocycles. The number of carbonyl (C=O) groups excluding carboxylic acids is 2. The van der Waals surface area contributed by atoms with E-state index in [9.17, 15) is 14.7 Å². The van der Waals surface area contributed by atoms with Gasteiger partial charge in [-0.3, -0.25) is 24.5 Å². The summed E-state index contributed by atoms with van der Waals surface area (Å²) in [4.78, 5) is 41.2. The van der Waals surface area contributed by atoms with Crippen LogP contribution < -0.4 is 0 Å². The molecule has 0 spiro atoms. The topological polar surface area (TPSA) is 89.3 Å². The predicted molar refractivity (Wildman–Crippen MR) is 148 cm³/mol. The van der Waals surface area contributed by atoms with Gasteiger partial charge in [-0.1, -0.05) is 36.4 Å². The van der Waals surface area contributed by atoms with Crippen LogP contribution in [0.1, 0.15) is 27.2 Å². The van der Waals surface area contributed by atoms with Gasteiger partial charge in [0.1, 0.15) is 5.75 Å². The summed E-state index contributed by atoms with van der Waals surface area (Å²) in [5, 5.41) is 9.73. The highest BCUT2D eigenvalue weighted by molar-refractivity contribution is 6.18. The van der Waals surface area contributed by atoms with Crippen molar-refractivity contribution < 1.29 is 14.7 Å². The normalized spacial score (nSPS) is 15.4. The van der Waals surface area contributed by atoms with Gasteiger partial charge in [0, 0.05) is 51.4 Å². The van der Waals surface area contributed by atoms with Crippen LogP contribution in [0.4, 0.5) is 0 Å². The van der Waals surface area contributed by atoms with Crippen molar-refractivity contribution in [3.05, 3.63) is 89.1 Å². The molecule has 1 fully saturated rings. The molecule has 0 unspecified atom stereocenters. The molecule has 1 N–H and O–H groups in total. The lowest BCUT2D eigenvalue weighted by molar-refractivity contribution is -0.130. The number of pyridine rings is 1. The molecule has 0 bridgehead atoms. The molecule has 1 aromatic heterocycles. The molecule has 2 aromatic carbocycles. The molecule has 2 aliphatic rings. The number of piperazine rings is 1. The third-order valence-electron chi connectivity index (χ3n) is 6.89. The Labute approximate surface area is 222 Å². The van der Waals surface area contributed by atoms with Crippen LogP contribution in [0.15, 0.2) is 71.7 Å². The van der Waals surface area contributed by atoms with Crippen LogP contribution in [0.5, 0.6) is 5.75 Å². The van der Waals surface area contributed by atoms with E-state index in [0.717, 1.165) is 28.1 Å². The third-order valence-corrected chi connectivity index (χ3v) is 6.89. The Morgan fingerprint density at radius 2 is 1.68 bits per heavy atom. The lowest BCUT2D eigenvalue weighted by Gasteiger charge is -2.35. The molecule has 5 rings (SSSR count). The van der Waals surface area contributed by atoms with E-state index in [4.69, 9.17) is 9.98 Å². The van der Waals surface area contributed by atoms with Gasteiger partial charge in [0.25, 0.3) is 5.91 Å². The average Bonchev–Trinajstić information content (AvgIpc) is 3.35. The van der Waals surface area contributed by atoms with Gasteiger partial charge in [-0.25, -0.2) is 0 Å². The summed E-state index contributed by atoms with van der Waals surface area (Å²) in [5.74, 6) is 0.166. The lowest BCUT2D eigenvalue weighted by atomic mass is 9.98. The van der Waals surface area contributed by atoms with Crippen molar-refractivity contribution in [1.82, 2.24) is 19.7 Å². The van der Waals surface area contributed by atoms with Crippen LogP contribution in [0.2, 0.25) is 0 Å². The summed E-state index contributed by atoms with van der Waals surface area (Å²) >= 11 is 0. The van der Waals surface area contributed by atoms with E-state index in [1.807, 2.05) is 53.5 Å². The molecule has 0 aliphatic carbocycles. The van der Waals surface area contributed by atoms with Gasteiger partial charge in [-0.05, 0) is 42.0 Å². The van der Waals surface area contributed by atoms with E-state index in [1.54, 1.807) is 43.3 Å². The van der Waals surface area contributed by atoms with Crippen LogP contribution >= 0.6 is 0 Å². The maximum absolute atomic E-state index is 13.9. The first-order chi connectivity index (χ1) is 18.4. The summed E-state index contributed by atoms with van der Waals surface area (Å²) in [5.41, 5.74) is 5.40. The second-order valence-electron chi connectivity index (χ2n) is 9.73. The zero-order valence-electron chi connectivity index (χ0n) is 21.7. The molecule has 0 atom stereocenters. The highest BCUT2D eigenvalue weighted by atomic mass is 16.3. The Hall–Kier alpha value is -4.30. The molecular weight excluding hydrogens is 478 g/mol. The number of nitrogens with zero attached hydrogens (tertiary/aromatic N) is 5. The van der Waals surface area contributed by atoms with Crippen LogP contribution in [-0.2, 0) is 11.3 Å². The third kappa shape index (κ3) is 5.50. The van der Waals surface area contributed by atoms with Crippen LogP contribution in [0.25, 0.3) is 17.3 Å². The maximum Gasteiger partial charge on any atom is 0.254 e. The van der Waals surface area contributed by atoms with Crippen molar-refractivity contribution in [3.8, 4) is 17.0 Å². The Kier molecular flexibility index (Phi) is 7.33. The number of hydrogen-bond donors (Lipinski definition) is 1. The number of hydrogen-bond acceptors (Lipinski definition) is 6. The van der Waals surface area contributed by atoms with Gasteiger partial charge < -0.3 is 14.9 Å². The predicted octanol–water partition coefficient (Wildman–Crippen LogP) is 3.32. The second-order valence-corrected chi connectivity index (χ2v) is 9.73. The second kappa shape index (κ2) is 11.0. The lowest BCUT2D eigenvalue weighted by Crippen LogP contribution is -2.51. The molecule has 1 saturated heterocycles. The fraction of sp³-hybridized carbons (Fsp3) is 0.267. The molecule has 0 radical (unpaired) electrons. The van der Waals surface area contributed by atoms with E-state index >= 15 is 0 Å². The van der Waals surface area contributed by atoms with Crippen LogP contribution in [0.3, 0.4) is 0 Å². The van der Waals surface area contributed by atoms with Crippen molar-refractivity contribution in [2.24, 2.45) is 4.99 Å². The number of allylic oxidation sites excluding steroid dienone is 1. The number of phenols is 1. The number of carbonyl (C=O) groups is 2. The van der Waals surface area contributed by atoms with Gasteiger partial charge in [0.2, 0.25) is 5.91 Å². The molecule has 3 heterocycles. The van der Waals surface area contributed by atoms with Crippen molar-refractivity contribution in [1.29, 1.82) is 0 Å². The molecule has 38 heavy (non-hydrogen) atoms. The van der Waals surface area contributed by atoms with E-state index in [0.29, 0.717) is 50.5 Å². The van der Waals surface area contributed by atoms with Gasteiger partial charge in [0.05, 0.1) is 35.8 Å². The number of fused-ring (bicyclic) bond motifs is 1. The van der Waals surface area contributed by atoms with Crippen molar-refractivity contribution >= 4 is 23.6 Å². The van der Waals surface area contributed by atoms with Gasteiger partial charge in [0.15, 0.2) is 0 Å². The molecular formula is C30H31N5O3. The summed E-state index contributed by atoms with van der Waals surface area (Å²) in [7, 11) is 3.51. The Bertz CT molecular complexity index is 1390. The number of aliphatic imine (C=N–C) groups is 1. The Morgan fingerprint density at radius 3 is 2.37 bits per heavy atom. The zero-order valence-corrected chi connectivity index (χ0v) is 21.7. The summed E-state index contributed by atoms with van der Waals surface area (Å²) in [6, 6.07) is 18.6. The highest BCUT2D eigenvalue weighted by Crippen LogP contribution is 2.30. The fourth-order valence-corrected chi connectivity index (χ4v) is 4.67. The standard InChI is InChI=1S/C30H31N5O3/c1-33(2)28(37)20-34-14-16-35(17-15-34)30(38)24-18-26(22-9-11-23(36)12-10-22)32-27-19-31-25(29(24)27)13-8-21-6-4-3-5-7-21/h3-13,18,36H,14-17,19-20H2,1-2H3/b13-8+. The SMILES string of the molecule is CN(C)C(=O)CN1CCN(C(=O)c2cc(-c3ccc(O)cc3)nc3c2C(/C=C/c2ccccc2)=NC3)CC1. The molecule has 2 amide bonds. The van der Waals surface area contributed by atoms with E-state index in [-0.39, 0.29) is 17.6 Å². The maximum atomic E-state index is 13.9. The highest BCUT2D eigenvalue weighted by Gasteiger charge is 2.30. The first kappa shape index (κ1) is 25.4. The number of benzene rings is 2. The number of aromatic hydroxyl groups is 1. The van der Waals surface area contributed by atoms with Crippen molar-refractivity contribution in [2.75, 3.05) is 46.8 Å². The number of aromatic nitrogens is 1. The van der Waals surface area contributed by atoms with Crippen molar-refractivity contribution in [2.45, 2.75) is 6.54 Å². The smallest absolute Gasteiger partial charge is 0.254 e. The number of amides is 2. The molecule has 8 nitrogen and oxygen atoms in total. The minimum absolute atomic E-state index is 0.0568. The molecule has 194 valence electrons. The average molecular weight is 510 g/mol. The summed E-state index contributed by atoms with van der Waals surface area (Å²) < 4.78 is 0. The minimum Gasteiger partial charge on any atom is -0.508 e. The molecule has 0 saturated carbocycles. The molecule has 8 heteroatoms. The van der Waals surface area contributed by atoms with Crippen LogP contribution in [-0.4, -0.2) is 89.1 Å². The first-order valence-electron chi connectivity index (χ1n) is 12.7. The number of rotatable bonds is 6. The van der Waals surface area contributed by atoms with Gasteiger partial charge >= 0.3 is 0 Å². The van der Waals surface area contributed by atoms with Crippen molar-refractivity contribution in [3.63, 3.8) is 0 Å². The number of likely N-dealkylation sites (N-methyl/N-ethyl adjacent to an activating group) is 1. The monoisotopic (exact) mass is 509 g/mol. The minimum atomic E-state index is -0.0648. The zero-order chi connectivity index (χ0) is 26.6. The number of phenolic OH excluding ortho intramolecular Hbond substituents is 1. The Balaban J connectivity index is 1.45. The Morgan fingerprint density at radius 1 is 0.974 bits per heavy atom.